The summed E-state index contributed by atoms with van der Waals surface area (Å²) in [7, 11) is 0. The van der Waals surface area contributed by atoms with E-state index in [9.17, 15) is 19.5 Å². The maximum atomic E-state index is 13.8. The van der Waals surface area contributed by atoms with Gasteiger partial charge in [0.05, 0.1) is 22.2 Å². The first kappa shape index (κ1) is 32.3. The highest BCUT2D eigenvalue weighted by Gasteiger charge is 2.44. The summed E-state index contributed by atoms with van der Waals surface area (Å²) in [5.74, 6) is -0.907. The summed E-state index contributed by atoms with van der Waals surface area (Å²) in [5.41, 5.74) is 12.0. The summed E-state index contributed by atoms with van der Waals surface area (Å²) in [4.78, 5) is 46.8. The van der Waals surface area contributed by atoms with Gasteiger partial charge in [-0.2, -0.15) is 0 Å². The van der Waals surface area contributed by atoms with Gasteiger partial charge >= 0.3 is 0 Å². The topological polar surface area (TPSA) is 138 Å². The number of likely N-dealkylation sites (tertiary alicyclic amines) is 1. The first-order chi connectivity index (χ1) is 20.5. The average molecular weight is 606 g/mol. The molecule has 0 aliphatic carbocycles. The third-order valence-corrected chi connectivity index (χ3v) is 8.82. The number of hydrogen-bond acceptors (Lipinski definition) is 7. The maximum Gasteiger partial charge on any atom is 0.246 e. The van der Waals surface area contributed by atoms with Crippen LogP contribution in [0.2, 0.25) is 0 Å². The minimum atomic E-state index is -0.841. The van der Waals surface area contributed by atoms with Crippen LogP contribution >= 0.6 is 11.3 Å². The van der Waals surface area contributed by atoms with E-state index in [1.807, 2.05) is 81.7 Å². The van der Waals surface area contributed by atoms with Crippen molar-refractivity contribution in [2.24, 2.45) is 11.1 Å². The van der Waals surface area contributed by atoms with Crippen molar-refractivity contribution < 1.29 is 19.5 Å². The fraction of sp³-hybridized carbons (Fsp3) is 0.455. The molecule has 43 heavy (non-hydrogen) atoms. The summed E-state index contributed by atoms with van der Waals surface area (Å²) >= 11 is 1.59. The number of nitrogens with two attached hydrogens (primary N) is 1. The molecule has 1 saturated heterocycles. The Balaban J connectivity index is 1.34. The first-order valence-corrected chi connectivity index (χ1v) is 15.7. The van der Waals surface area contributed by atoms with E-state index >= 15 is 0 Å². The van der Waals surface area contributed by atoms with Crippen molar-refractivity contribution in [1.82, 2.24) is 20.5 Å². The molecule has 230 valence electrons. The molecule has 0 unspecified atom stereocenters. The molecule has 10 heteroatoms. The molecule has 9 nitrogen and oxygen atoms in total. The van der Waals surface area contributed by atoms with Crippen molar-refractivity contribution in [2.75, 3.05) is 6.54 Å². The normalized spacial score (nSPS) is 17.5. The lowest BCUT2D eigenvalue weighted by Crippen LogP contribution is -2.57. The largest absolute Gasteiger partial charge is 0.391 e. The van der Waals surface area contributed by atoms with Gasteiger partial charge < -0.3 is 26.4 Å². The second kappa shape index (κ2) is 14.2. The van der Waals surface area contributed by atoms with Crippen LogP contribution in [-0.2, 0) is 33.9 Å². The number of nitrogens with zero attached hydrogens (tertiary/aromatic N) is 2. The fourth-order valence-corrected chi connectivity index (χ4v) is 6.12. The highest BCUT2D eigenvalue weighted by Crippen LogP contribution is 2.28. The van der Waals surface area contributed by atoms with E-state index in [-0.39, 0.29) is 37.1 Å². The fourth-order valence-electron chi connectivity index (χ4n) is 5.31. The Bertz CT molecular complexity index is 1400. The Morgan fingerprint density at radius 3 is 2.33 bits per heavy atom. The molecule has 0 saturated carbocycles. The lowest BCUT2D eigenvalue weighted by atomic mass is 9.85. The van der Waals surface area contributed by atoms with Crippen LogP contribution < -0.4 is 16.4 Å². The number of nitrogens with one attached hydrogen (secondary N) is 2. The summed E-state index contributed by atoms with van der Waals surface area (Å²) in [6.45, 7) is 8.45. The molecular formula is C33H43N5O4S. The number of thiazole rings is 1. The van der Waals surface area contributed by atoms with Crippen molar-refractivity contribution >= 4 is 29.1 Å². The van der Waals surface area contributed by atoms with Crippen LogP contribution in [0, 0.1) is 12.3 Å². The second-order valence-corrected chi connectivity index (χ2v) is 13.2. The number of aryl methyl sites for hydroxylation is 2. The highest BCUT2D eigenvalue weighted by molar-refractivity contribution is 7.13. The van der Waals surface area contributed by atoms with Gasteiger partial charge in [-0.1, -0.05) is 69.3 Å². The minimum Gasteiger partial charge on any atom is -0.391 e. The van der Waals surface area contributed by atoms with Crippen LogP contribution in [0.3, 0.4) is 0 Å². The van der Waals surface area contributed by atoms with E-state index in [0.717, 1.165) is 39.2 Å². The smallest absolute Gasteiger partial charge is 0.246 e. The molecule has 0 bridgehead atoms. The van der Waals surface area contributed by atoms with Gasteiger partial charge in [0.2, 0.25) is 17.7 Å². The van der Waals surface area contributed by atoms with Crippen molar-refractivity contribution in [3.05, 3.63) is 76.4 Å². The van der Waals surface area contributed by atoms with Gasteiger partial charge in [-0.05, 0) is 47.4 Å². The van der Waals surface area contributed by atoms with Gasteiger partial charge in [0.15, 0.2) is 0 Å². The number of benzene rings is 2. The van der Waals surface area contributed by atoms with Crippen molar-refractivity contribution in [2.45, 2.75) is 84.7 Å². The summed E-state index contributed by atoms with van der Waals surface area (Å²) < 4.78 is 0. The third-order valence-electron chi connectivity index (χ3n) is 7.84. The third kappa shape index (κ3) is 8.49. The number of aromatic nitrogens is 1. The van der Waals surface area contributed by atoms with Gasteiger partial charge in [-0.15, -0.1) is 11.3 Å². The standard InChI is InChI=1S/C33H43N5O4S/c1-21-29(43-20-36-21)25-14-12-24(13-15-25)18-35-31(41)27-16-26(39)19-38(27)32(42)30(33(2,3)4)37-28(40)7-5-6-22-8-10-23(17-34)11-9-22/h8-15,20,26-27,30,39H,5-7,16-19,34H2,1-4H3,(H,35,41)(H,37,40)/t26-,27+,30-/m1/s1. The van der Waals surface area contributed by atoms with Crippen molar-refractivity contribution in [1.29, 1.82) is 0 Å². The van der Waals surface area contributed by atoms with Gasteiger partial charge in [-0.3, -0.25) is 14.4 Å². The molecule has 3 aromatic rings. The van der Waals surface area contributed by atoms with Crippen LogP contribution in [0.5, 0.6) is 0 Å². The average Bonchev–Trinajstić information content (AvgIpc) is 3.59. The summed E-state index contributed by atoms with van der Waals surface area (Å²) in [6.07, 6.45) is 0.975. The number of aliphatic hydroxyl groups is 1. The molecule has 3 amide bonds. The molecule has 1 aromatic heterocycles. The number of aliphatic hydroxyl groups excluding tert-OH is 1. The Kier molecular flexibility index (Phi) is 10.7. The number of amides is 3. The van der Waals surface area contributed by atoms with E-state index in [2.05, 4.69) is 15.6 Å². The highest BCUT2D eigenvalue weighted by atomic mass is 32.1. The molecule has 0 spiro atoms. The second-order valence-electron chi connectivity index (χ2n) is 12.3. The molecule has 5 N–H and O–H groups in total. The lowest BCUT2D eigenvalue weighted by molar-refractivity contribution is -0.144. The molecule has 0 radical (unpaired) electrons. The maximum absolute atomic E-state index is 13.8. The molecule has 1 fully saturated rings. The van der Waals surface area contributed by atoms with Crippen LogP contribution in [0.4, 0.5) is 0 Å². The molecule has 4 rings (SSSR count). The van der Waals surface area contributed by atoms with Gasteiger partial charge in [-0.25, -0.2) is 4.98 Å². The lowest BCUT2D eigenvalue weighted by Gasteiger charge is -2.35. The van der Waals surface area contributed by atoms with Gasteiger partial charge in [0, 0.05) is 32.5 Å². The zero-order chi connectivity index (χ0) is 31.1. The predicted octanol–water partition coefficient (Wildman–Crippen LogP) is 3.71. The zero-order valence-corrected chi connectivity index (χ0v) is 26.2. The predicted molar refractivity (Wildman–Crippen MR) is 169 cm³/mol. The SMILES string of the molecule is Cc1ncsc1-c1ccc(CNC(=O)[C@@H]2C[C@@H](O)CN2C(=O)[C@@H](NC(=O)CCCc2ccc(CN)cc2)C(C)(C)C)cc1. The Hall–Kier alpha value is -3.60. The first-order valence-electron chi connectivity index (χ1n) is 14.8. The summed E-state index contributed by atoms with van der Waals surface area (Å²) in [6, 6.07) is 14.3. The van der Waals surface area contributed by atoms with Gasteiger partial charge in [0.1, 0.15) is 12.1 Å². The number of hydrogen-bond donors (Lipinski definition) is 4. The number of carbonyl (C=O) groups excluding carboxylic acids is 3. The van der Waals surface area contributed by atoms with Crippen LogP contribution in [-0.4, -0.2) is 57.4 Å². The van der Waals surface area contributed by atoms with Crippen LogP contribution in [0.15, 0.2) is 54.0 Å². The van der Waals surface area contributed by atoms with Gasteiger partial charge in [0.25, 0.3) is 0 Å². The molecule has 2 heterocycles. The van der Waals surface area contributed by atoms with Crippen molar-refractivity contribution in [3.63, 3.8) is 0 Å². The zero-order valence-electron chi connectivity index (χ0n) is 25.4. The molecule has 1 aliphatic rings. The number of β-amino-alcohol motifs (C(OH)–C–C–N with tert-alkyl or cyclic N) is 1. The van der Waals surface area contributed by atoms with Crippen LogP contribution in [0.1, 0.15) is 62.4 Å². The monoisotopic (exact) mass is 605 g/mol. The molecular weight excluding hydrogens is 562 g/mol. The Morgan fingerprint density at radius 2 is 1.72 bits per heavy atom. The van der Waals surface area contributed by atoms with Crippen molar-refractivity contribution in [3.8, 4) is 10.4 Å². The van der Waals surface area contributed by atoms with E-state index in [0.29, 0.717) is 19.5 Å². The van der Waals surface area contributed by atoms with Crippen LogP contribution in [0.25, 0.3) is 10.4 Å². The van der Waals surface area contributed by atoms with E-state index in [4.69, 9.17) is 5.73 Å². The molecule has 2 aromatic carbocycles. The molecule has 3 atom stereocenters. The quantitative estimate of drug-likeness (QED) is 0.263. The minimum absolute atomic E-state index is 0.0427. The number of carbonyl (C=O) groups is 3. The Morgan fingerprint density at radius 1 is 1.07 bits per heavy atom. The van der Waals surface area contributed by atoms with E-state index in [1.165, 1.54) is 4.90 Å². The number of rotatable bonds is 11. The summed E-state index contributed by atoms with van der Waals surface area (Å²) in [5, 5.41) is 16.3. The van der Waals surface area contributed by atoms with E-state index < -0.39 is 23.6 Å². The van der Waals surface area contributed by atoms with E-state index in [1.54, 1.807) is 11.3 Å². The Labute approximate surface area is 257 Å². The molecule has 1 aliphatic heterocycles.